The molecule has 0 N–H and O–H groups in total. The van der Waals surface area contributed by atoms with Gasteiger partial charge in [-0.1, -0.05) is 12.1 Å². The van der Waals surface area contributed by atoms with Gasteiger partial charge < -0.3 is 9.53 Å². The highest BCUT2D eigenvalue weighted by Gasteiger charge is 2.01. The number of hydrogen-bond donors (Lipinski definition) is 0. The molecule has 0 unspecified atom stereocenters. The normalized spacial score (nSPS) is 9.33. The Kier molecular flexibility index (Phi) is 4.36. The molecule has 0 aromatic heterocycles. The molecule has 78 valence electrons. The molecule has 0 spiro atoms. The van der Waals surface area contributed by atoms with Crippen LogP contribution in [0.15, 0.2) is 24.3 Å². The van der Waals surface area contributed by atoms with E-state index in [2.05, 4.69) is 6.07 Å². The molecular formula is C12H13NO2. The standard InChI is InChI=1S/C12H13NO2/c1-10(14)5-4-8-15-12-7-3-2-6-11(12)9-13/h2-3,6-7H,4-5,8H2,1H3. The van der Waals surface area contributed by atoms with Crippen LogP contribution < -0.4 is 4.74 Å². The molecule has 0 saturated heterocycles. The van der Waals surface area contributed by atoms with Gasteiger partial charge in [-0.25, -0.2) is 0 Å². The van der Waals surface area contributed by atoms with Gasteiger partial charge in [-0.2, -0.15) is 5.26 Å². The van der Waals surface area contributed by atoms with Crippen LogP contribution in [0.4, 0.5) is 0 Å². The summed E-state index contributed by atoms with van der Waals surface area (Å²) in [6.45, 7) is 2.03. The Morgan fingerprint density at radius 2 is 2.20 bits per heavy atom. The second-order valence-electron chi connectivity index (χ2n) is 3.26. The third-order valence-corrected chi connectivity index (χ3v) is 1.94. The van der Waals surface area contributed by atoms with Crippen molar-refractivity contribution in [3.8, 4) is 11.8 Å². The molecule has 0 heterocycles. The fourth-order valence-electron chi connectivity index (χ4n) is 1.19. The molecule has 0 fully saturated rings. The molecule has 0 atom stereocenters. The molecule has 0 radical (unpaired) electrons. The van der Waals surface area contributed by atoms with Crippen molar-refractivity contribution < 1.29 is 9.53 Å². The van der Waals surface area contributed by atoms with Crippen LogP contribution in [0.25, 0.3) is 0 Å². The van der Waals surface area contributed by atoms with Gasteiger partial charge in [0.15, 0.2) is 0 Å². The van der Waals surface area contributed by atoms with Gasteiger partial charge in [0.2, 0.25) is 0 Å². The first-order valence-electron chi connectivity index (χ1n) is 4.85. The van der Waals surface area contributed by atoms with Crippen LogP contribution in [0.2, 0.25) is 0 Å². The maximum Gasteiger partial charge on any atom is 0.137 e. The van der Waals surface area contributed by atoms with Crippen LogP contribution in [0.1, 0.15) is 25.3 Å². The Bertz CT molecular complexity index is 379. The second kappa shape index (κ2) is 5.82. The van der Waals surface area contributed by atoms with Crippen LogP contribution in [0.5, 0.6) is 5.75 Å². The Hall–Kier alpha value is -1.82. The first-order valence-corrected chi connectivity index (χ1v) is 4.85. The molecule has 0 aliphatic heterocycles. The van der Waals surface area contributed by atoms with Crippen molar-refractivity contribution in [1.82, 2.24) is 0 Å². The van der Waals surface area contributed by atoms with Crippen molar-refractivity contribution in [2.75, 3.05) is 6.61 Å². The van der Waals surface area contributed by atoms with Gasteiger partial charge in [-0.05, 0) is 25.5 Å². The molecule has 1 aromatic carbocycles. The Morgan fingerprint density at radius 1 is 1.47 bits per heavy atom. The molecule has 0 aliphatic rings. The molecule has 0 saturated carbocycles. The fourth-order valence-corrected chi connectivity index (χ4v) is 1.19. The predicted molar refractivity (Wildman–Crippen MR) is 56.6 cm³/mol. The second-order valence-corrected chi connectivity index (χ2v) is 3.26. The molecule has 15 heavy (non-hydrogen) atoms. The van der Waals surface area contributed by atoms with Gasteiger partial charge in [-0.15, -0.1) is 0 Å². The first-order chi connectivity index (χ1) is 7.24. The Balaban J connectivity index is 2.44. The van der Waals surface area contributed by atoms with E-state index >= 15 is 0 Å². The van der Waals surface area contributed by atoms with E-state index in [-0.39, 0.29) is 5.78 Å². The maximum absolute atomic E-state index is 10.7. The lowest BCUT2D eigenvalue weighted by atomic mass is 10.2. The average Bonchev–Trinajstić information content (AvgIpc) is 2.24. The molecule has 0 amide bonds. The zero-order valence-electron chi connectivity index (χ0n) is 8.69. The molecular weight excluding hydrogens is 190 g/mol. The topological polar surface area (TPSA) is 50.1 Å². The molecule has 1 aromatic rings. The summed E-state index contributed by atoms with van der Waals surface area (Å²) < 4.78 is 5.40. The summed E-state index contributed by atoms with van der Waals surface area (Å²) in [6, 6.07) is 9.13. The van der Waals surface area contributed by atoms with Crippen molar-refractivity contribution >= 4 is 5.78 Å². The minimum Gasteiger partial charge on any atom is -0.492 e. The summed E-state index contributed by atoms with van der Waals surface area (Å²) in [5.74, 6) is 0.746. The van der Waals surface area contributed by atoms with E-state index in [1.54, 1.807) is 25.1 Å². The molecule has 3 nitrogen and oxygen atoms in total. The van der Waals surface area contributed by atoms with Crippen LogP contribution in [0, 0.1) is 11.3 Å². The smallest absolute Gasteiger partial charge is 0.137 e. The molecule has 0 bridgehead atoms. The lowest BCUT2D eigenvalue weighted by Gasteiger charge is -2.06. The monoisotopic (exact) mass is 203 g/mol. The van der Waals surface area contributed by atoms with Crippen molar-refractivity contribution in [2.24, 2.45) is 0 Å². The number of carbonyl (C=O) groups is 1. The van der Waals surface area contributed by atoms with Gasteiger partial charge >= 0.3 is 0 Å². The number of ether oxygens (including phenoxy) is 1. The molecule has 3 heteroatoms. The van der Waals surface area contributed by atoms with Crippen LogP contribution >= 0.6 is 0 Å². The van der Waals surface area contributed by atoms with E-state index < -0.39 is 0 Å². The van der Waals surface area contributed by atoms with Crippen molar-refractivity contribution in [3.05, 3.63) is 29.8 Å². The van der Waals surface area contributed by atoms with E-state index in [4.69, 9.17) is 10.00 Å². The third-order valence-electron chi connectivity index (χ3n) is 1.94. The van der Waals surface area contributed by atoms with Gasteiger partial charge in [0, 0.05) is 6.42 Å². The van der Waals surface area contributed by atoms with Crippen LogP contribution in [-0.4, -0.2) is 12.4 Å². The van der Waals surface area contributed by atoms with E-state index in [1.807, 2.05) is 6.07 Å². The number of rotatable bonds is 5. The van der Waals surface area contributed by atoms with Crippen LogP contribution in [0.3, 0.4) is 0 Å². The number of ketones is 1. The predicted octanol–water partition coefficient (Wildman–Crippen LogP) is 2.31. The van der Waals surface area contributed by atoms with Crippen LogP contribution in [-0.2, 0) is 4.79 Å². The number of para-hydroxylation sites is 1. The van der Waals surface area contributed by atoms with E-state index in [0.717, 1.165) is 0 Å². The van der Waals surface area contributed by atoms with Crippen molar-refractivity contribution in [2.45, 2.75) is 19.8 Å². The van der Waals surface area contributed by atoms with Gasteiger partial charge in [0.05, 0.1) is 12.2 Å². The number of carbonyl (C=O) groups excluding carboxylic acids is 1. The average molecular weight is 203 g/mol. The summed E-state index contributed by atoms with van der Waals surface area (Å²) in [6.07, 6.45) is 1.21. The van der Waals surface area contributed by atoms with E-state index in [1.165, 1.54) is 0 Å². The summed E-state index contributed by atoms with van der Waals surface area (Å²) in [4.78, 5) is 10.7. The van der Waals surface area contributed by atoms with Gasteiger partial charge in [0.25, 0.3) is 0 Å². The van der Waals surface area contributed by atoms with Crippen molar-refractivity contribution in [1.29, 1.82) is 5.26 Å². The van der Waals surface area contributed by atoms with Gasteiger partial charge in [-0.3, -0.25) is 0 Å². The lowest BCUT2D eigenvalue weighted by molar-refractivity contribution is -0.117. The number of nitrogens with zero attached hydrogens (tertiary/aromatic N) is 1. The quantitative estimate of drug-likeness (QED) is 0.690. The zero-order chi connectivity index (χ0) is 11.1. The SMILES string of the molecule is CC(=O)CCCOc1ccccc1C#N. The Morgan fingerprint density at radius 3 is 2.87 bits per heavy atom. The van der Waals surface area contributed by atoms with Gasteiger partial charge in [0.1, 0.15) is 17.6 Å². The first kappa shape index (κ1) is 11.3. The highest BCUT2D eigenvalue weighted by Crippen LogP contribution is 2.16. The minimum absolute atomic E-state index is 0.159. The van der Waals surface area contributed by atoms with E-state index in [0.29, 0.717) is 30.8 Å². The Labute approximate surface area is 89.3 Å². The summed E-state index contributed by atoms with van der Waals surface area (Å²) >= 11 is 0. The summed E-state index contributed by atoms with van der Waals surface area (Å²) in [5.41, 5.74) is 0.528. The molecule has 1 rings (SSSR count). The molecule has 0 aliphatic carbocycles. The number of hydrogen-bond acceptors (Lipinski definition) is 3. The number of benzene rings is 1. The number of Topliss-reactive ketones (excluding diaryl/α,β-unsaturated/α-hetero) is 1. The third kappa shape index (κ3) is 3.82. The lowest BCUT2D eigenvalue weighted by Crippen LogP contribution is -2.01. The summed E-state index contributed by atoms with van der Waals surface area (Å²) in [7, 11) is 0. The highest BCUT2D eigenvalue weighted by molar-refractivity contribution is 5.75. The zero-order valence-corrected chi connectivity index (χ0v) is 8.69. The fraction of sp³-hybridized carbons (Fsp3) is 0.333. The summed E-state index contributed by atoms with van der Waals surface area (Å²) in [5, 5.41) is 8.78. The van der Waals surface area contributed by atoms with Crippen molar-refractivity contribution in [3.63, 3.8) is 0 Å². The minimum atomic E-state index is 0.159. The number of nitriles is 1. The highest BCUT2D eigenvalue weighted by atomic mass is 16.5. The maximum atomic E-state index is 10.7. The largest absolute Gasteiger partial charge is 0.492 e. The van der Waals surface area contributed by atoms with E-state index in [9.17, 15) is 4.79 Å².